The molecule has 1 heterocycles. The number of thioether (sulfide) groups is 1. The van der Waals surface area contributed by atoms with Crippen LogP contribution in [0.4, 0.5) is 9.18 Å². The third-order valence-electron chi connectivity index (χ3n) is 3.58. The largest absolute Gasteiger partial charge is 0.293 e. The SMILES string of the molecule is Cc1ccc(CN2C(=O)S/C(=C/c3ccc(F)c(Br)c3)C2=O)cc1. The van der Waals surface area contributed by atoms with Gasteiger partial charge in [0.15, 0.2) is 0 Å². The lowest BCUT2D eigenvalue weighted by Crippen LogP contribution is -2.27. The van der Waals surface area contributed by atoms with E-state index < -0.39 is 0 Å². The van der Waals surface area contributed by atoms with Crippen molar-refractivity contribution in [3.8, 4) is 0 Å². The molecule has 0 unspecified atom stereocenters. The fourth-order valence-corrected chi connectivity index (χ4v) is 3.50. The Morgan fingerprint density at radius 3 is 2.54 bits per heavy atom. The first-order valence-electron chi connectivity index (χ1n) is 7.20. The second-order valence-corrected chi connectivity index (χ2v) is 7.27. The van der Waals surface area contributed by atoms with Crippen LogP contribution in [0.2, 0.25) is 0 Å². The number of nitrogens with zero attached hydrogens (tertiary/aromatic N) is 1. The van der Waals surface area contributed by atoms with Gasteiger partial charge in [-0.25, -0.2) is 4.39 Å². The zero-order valence-electron chi connectivity index (χ0n) is 12.8. The number of benzene rings is 2. The minimum Gasteiger partial charge on any atom is -0.268 e. The number of imide groups is 1. The second kappa shape index (κ2) is 6.91. The molecule has 0 bridgehead atoms. The lowest BCUT2D eigenvalue weighted by Gasteiger charge is -2.12. The van der Waals surface area contributed by atoms with Crippen LogP contribution in [0.1, 0.15) is 16.7 Å². The van der Waals surface area contributed by atoms with E-state index in [1.54, 1.807) is 18.2 Å². The minimum absolute atomic E-state index is 0.245. The van der Waals surface area contributed by atoms with Crippen LogP contribution in [0.25, 0.3) is 6.08 Å². The van der Waals surface area contributed by atoms with Crippen molar-refractivity contribution in [2.75, 3.05) is 0 Å². The molecule has 1 aliphatic rings. The predicted molar refractivity (Wildman–Crippen MR) is 96.8 cm³/mol. The fourth-order valence-electron chi connectivity index (χ4n) is 2.27. The van der Waals surface area contributed by atoms with Crippen LogP contribution in [-0.2, 0) is 11.3 Å². The van der Waals surface area contributed by atoms with E-state index in [9.17, 15) is 14.0 Å². The molecule has 6 heteroatoms. The lowest BCUT2D eigenvalue weighted by molar-refractivity contribution is -0.123. The molecular formula is C18H13BrFNO2S. The van der Waals surface area contributed by atoms with E-state index in [0.29, 0.717) is 14.9 Å². The molecule has 2 aromatic rings. The topological polar surface area (TPSA) is 37.4 Å². The maximum Gasteiger partial charge on any atom is 0.293 e. The number of carbonyl (C=O) groups excluding carboxylic acids is 2. The van der Waals surface area contributed by atoms with Crippen molar-refractivity contribution in [3.05, 3.63) is 74.4 Å². The van der Waals surface area contributed by atoms with Crippen molar-refractivity contribution >= 4 is 44.9 Å². The molecule has 1 fully saturated rings. The maximum atomic E-state index is 13.3. The Bertz CT molecular complexity index is 849. The quantitative estimate of drug-likeness (QED) is 0.663. The van der Waals surface area contributed by atoms with E-state index in [4.69, 9.17) is 0 Å². The Labute approximate surface area is 151 Å². The molecule has 2 aromatic carbocycles. The summed E-state index contributed by atoms with van der Waals surface area (Å²) in [6.45, 7) is 2.23. The molecule has 122 valence electrons. The average Bonchev–Trinajstić information content (AvgIpc) is 2.80. The lowest BCUT2D eigenvalue weighted by atomic mass is 10.1. The van der Waals surface area contributed by atoms with E-state index in [1.165, 1.54) is 11.0 Å². The first kappa shape index (κ1) is 16.9. The van der Waals surface area contributed by atoms with Crippen molar-refractivity contribution in [2.45, 2.75) is 13.5 Å². The van der Waals surface area contributed by atoms with Gasteiger partial charge in [-0.15, -0.1) is 0 Å². The average molecular weight is 406 g/mol. The smallest absolute Gasteiger partial charge is 0.268 e. The third kappa shape index (κ3) is 3.60. The van der Waals surface area contributed by atoms with Gasteiger partial charge in [0.25, 0.3) is 11.1 Å². The maximum absolute atomic E-state index is 13.3. The van der Waals surface area contributed by atoms with Gasteiger partial charge in [0.1, 0.15) is 5.82 Å². The standard InChI is InChI=1S/C18H13BrFNO2S/c1-11-2-4-12(5-3-11)10-21-17(22)16(24-18(21)23)9-13-6-7-15(20)14(19)8-13/h2-9H,10H2,1H3/b16-9+. The molecule has 2 amide bonds. The summed E-state index contributed by atoms with van der Waals surface area (Å²) in [7, 11) is 0. The summed E-state index contributed by atoms with van der Waals surface area (Å²) < 4.78 is 13.6. The fraction of sp³-hybridized carbons (Fsp3) is 0.111. The molecule has 1 saturated heterocycles. The molecule has 0 N–H and O–H groups in total. The van der Waals surface area contributed by atoms with Crippen LogP contribution in [0.5, 0.6) is 0 Å². The highest BCUT2D eigenvalue weighted by atomic mass is 79.9. The van der Waals surface area contributed by atoms with Gasteiger partial charge in [-0.2, -0.15) is 0 Å². The summed E-state index contributed by atoms with van der Waals surface area (Å²) in [6, 6.07) is 12.1. The number of hydrogen-bond acceptors (Lipinski definition) is 3. The van der Waals surface area contributed by atoms with Crippen molar-refractivity contribution in [3.63, 3.8) is 0 Å². The van der Waals surface area contributed by atoms with Gasteiger partial charge in [0, 0.05) is 0 Å². The van der Waals surface area contributed by atoms with E-state index in [2.05, 4.69) is 15.9 Å². The second-order valence-electron chi connectivity index (χ2n) is 5.43. The molecule has 1 aliphatic heterocycles. The van der Waals surface area contributed by atoms with Gasteiger partial charge in [-0.05, 0) is 64.0 Å². The number of amides is 2. The predicted octanol–water partition coefficient (Wildman–Crippen LogP) is 5.13. The molecule has 3 nitrogen and oxygen atoms in total. The number of hydrogen-bond donors (Lipinski definition) is 0. The van der Waals surface area contributed by atoms with Crippen molar-refractivity contribution < 1.29 is 14.0 Å². The number of rotatable bonds is 3. The summed E-state index contributed by atoms with van der Waals surface area (Å²) in [4.78, 5) is 26.2. The Kier molecular flexibility index (Phi) is 4.87. The zero-order chi connectivity index (χ0) is 17.3. The van der Waals surface area contributed by atoms with Gasteiger partial charge in [-0.1, -0.05) is 35.9 Å². The summed E-state index contributed by atoms with van der Waals surface area (Å²) in [5, 5.41) is -0.298. The van der Waals surface area contributed by atoms with Gasteiger partial charge in [0.2, 0.25) is 0 Å². The Balaban J connectivity index is 1.81. The van der Waals surface area contributed by atoms with Gasteiger partial charge < -0.3 is 0 Å². The molecule has 0 aliphatic carbocycles. The van der Waals surface area contributed by atoms with Crippen LogP contribution in [0.15, 0.2) is 51.8 Å². The molecule has 3 rings (SSSR count). The number of aryl methyl sites for hydroxylation is 1. The summed E-state index contributed by atoms with van der Waals surface area (Å²) in [6.07, 6.45) is 1.60. The summed E-state index contributed by atoms with van der Waals surface area (Å²) in [5.74, 6) is -0.703. The minimum atomic E-state index is -0.375. The Morgan fingerprint density at radius 2 is 1.88 bits per heavy atom. The van der Waals surface area contributed by atoms with Crippen LogP contribution in [-0.4, -0.2) is 16.0 Å². The highest BCUT2D eigenvalue weighted by Crippen LogP contribution is 2.33. The zero-order valence-corrected chi connectivity index (χ0v) is 15.2. The molecule has 0 aromatic heterocycles. The summed E-state index contributed by atoms with van der Waals surface area (Å²) >= 11 is 4.01. The van der Waals surface area contributed by atoms with Crippen LogP contribution in [0.3, 0.4) is 0 Å². The highest BCUT2D eigenvalue weighted by Gasteiger charge is 2.34. The molecule has 0 atom stereocenters. The third-order valence-corrected chi connectivity index (χ3v) is 5.09. The first-order chi connectivity index (χ1) is 11.4. The molecule has 0 radical (unpaired) electrons. The Hall–Kier alpha value is -1.92. The van der Waals surface area contributed by atoms with E-state index >= 15 is 0 Å². The van der Waals surface area contributed by atoms with E-state index in [1.807, 2.05) is 31.2 Å². The Morgan fingerprint density at radius 1 is 1.17 bits per heavy atom. The molecule has 0 saturated carbocycles. The van der Waals surface area contributed by atoms with Gasteiger partial charge in [0.05, 0.1) is 15.9 Å². The number of carbonyl (C=O) groups is 2. The van der Waals surface area contributed by atoms with Crippen LogP contribution < -0.4 is 0 Å². The first-order valence-corrected chi connectivity index (χ1v) is 8.81. The molecular weight excluding hydrogens is 393 g/mol. The van der Waals surface area contributed by atoms with Crippen molar-refractivity contribution in [1.29, 1.82) is 0 Å². The monoisotopic (exact) mass is 405 g/mol. The highest BCUT2D eigenvalue weighted by molar-refractivity contribution is 9.10. The van der Waals surface area contributed by atoms with Crippen LogP contribution >= 0.6 is 27.7 Å². The van der Waals surface area contributed by atoms with Gasteiger partial charge in [-0.3, -0.25) is 14.5 Å². The van der Waals surface area contributed by atoms with Gasteiger partial charge >= 0.3 is 0 Å². The van der Waals surface area contributed by atoms with Crippen LogP contribution in [0, 0.1) is 12.7 Å². The van der Waals surface area contributed by atoms with Crippen molar-refractivity contribution in [1.82, 2.24) is 4.90 Å². The number of halogens is 2. The van der Waals surface area contributed by atoms with Crippen molar-refractivity contribution in [2.24, 2.45) is 0 Å². The molecule has 0 spiro atoms. The normalized spacial score (nSPS) is 16.3. The van der Waals surface area contributed by atoms with E-state index in [0.717, 1.165) is 22.9 Å². The molecule has 24 heavy (non-hydrogen) atoms. The van der Waals surface area contributed by atoms with E-state index in [-0.39, 0.29) is 23.5 Å². The summed E-state index contributed by atoms with van der Waals surface area (Å²) in [5.41, 5.74) is 2.67.